The molecule has 19 heavy (non-hydrogen) atoms. The van der Waals surface area contributed by atoms with Gasteiger partial charge in [-0.2, -0.15) is 4.72 Å². The number of sulfonamides is 1. The van der Waals surface area contributed by atoms with Gasteiger partial charge in [-0.25, -0.2) is 17.2 Å². The van der Waals surface area contributed by atoms with Crippen LogP contribution >= 0.6 is 15.9 Å². The third kappa shape index (κ3) is 3.71. The normalized spacial score (nSPS) is 13.3. The number of hydrogen-bond acceptors (Lipinski definition) is 3. The van der Waals surface area contributed by atoms with Gasteiger partial charge in [0.15, 0.2) is 0 Å². The number of carboxylic acid groups (broad SMARTS) is 1. The number of benzene rings is 1. The highest BCUT2D eigenvalue weighted by molar-refractivity contribution is 9.10. The molecule has 0 saturated carbocycles. The van der Waals surface area contributed by atoms with Gasteiger partial charge in [0.25, 0.3) is 0 Å². The van der Waals surface area contributed by atoms with Gasteiger partial charge in [0.05, 0.1) is 0 Å². The van der Waals surface area contributed by atoms with Crippen LogP contribution in [0.25, 0.3) is 0 Å². The molecule has 0 aliphatic heterocycles. The lowest BCUT2D eigenvalue weighted by Crippen LogP contribution is -2.40. The van der Waals surface area contributed by atoms with Crippen LogP contribution in [0.2, 0.25) is 0 Å². The SMILES string of the molecule is CC[C@@H](NS(=O)(=O)c1c(F)cc(F)cc1Br)C(=O)O. The van der Waals surface area contributed by atoms with Gasteiger partial charge in [-0.1, -0.05) is 6.92 Å². The molecule has 0 amide bonds. The Balaban J connectivity index is 3.25. The average molecular weight is 358 g/mol. The van der Waals surface area contributed by atoms with E-state index in [4.69, 9.17) is 5.11 Å². The Hall–Kier alpha value is -1.06. The highest BCUT2D eigenvalue weighted by atomic mass is 79.9. The van der Waals surface area contributed by atoms with Crippen LogP contribution in [0.5, 0.6) is 0 Å². The molecule has 0 aromatic heterocycles. The summed E-state index contributed by atoms with van der Waals surface area (Å²) in [5, 5.41) is 8.77. The monoisotopic (exact) mass is 357 g/mol. The van der Waals surface area contributed by atoms with Crippen molar-refractivity contribution in [1.82, 2.24) is 4.72 Å². The van der Waals surface area contributed by atoms with Gasteiger partial charge in [0.2, 0.25) is 10.0 Å². The summed E-state index contributed by atoms with van der Waals surface area (Å²) in [5.74, 6) is -3.64. The predicted molar refractivity (Wildman–Crippen MR) is 66.1 cm³/mol. The van der Waals surface area contributed by atoms with Crippen LogP contribution in [0, 0.1) is 11.6 Å². The van der Waals surface area contributed by atoms with Gasteiger partial charge in [-0.15, -0.1) is 0 Å². The largest absolute Gasteiger partial charge is 0.480 e. The smallest absolute Gasteiger partial charge is 0.321 e. The van der Waals surface area contributed by atoms with E-state index < -0.39 is 38.6 Å². The van der Waals surface area contributed by atoms with Gasteiger partial charge in [-0.05, 0) is 28.4 Å². The zero-order valence-corrected chi connectivity index (χ0v) is 12.1. The first-order chi connectivity index (χ1) is 8.69. The molecule has 0 fully saturated rings. The molecular formula is C10H10BrF2NO4S. The molecule has 5 nitrogen and oxygen atoms in total. The summed E-state index contributed by atoms with van der Waals surface area (Å²) in [4.78, 5) is 9.95. The van der Waals surface area contributed by atoms with E-state index >= 15 is 0 Å². The molecule has 1 aromatic carbocycles. The van der Waals surface area contributed by atoms with Gasteiger partial charge < -0.3 is 5.11 Å². The van der Waals surface area contributed by atoms with Crippen molar-refractivity contribution in [2.24, 2.45) is 0 Å². The van der Waals surface area contributed by atoms with E-state index in [-0.39, 0.29) is 10.9 Å². The third-order valence-electron chi connectivity index (χ3n) is 2.24. The van der Waals surface area contributed by atoms with Crippen molar-refractivity contribution in [3.05, 3.63) is 28.2 Å². The number of aliphatic carboxylic acids is 1. The topological polar surface area (TPSA) is 83.5 Å². The second-order valence-corrected chi connectivity index (χ2v) is 6.12. The number of hydrogen-bond donors (Lipinski definition) is 2. The average Bonchev–Trinajstić information content (AvgIpc) is 2.23. The summed E-state index contributed by atoms with van der Waals surface area (Å²) < 4.78 is 51.7. The molecule has 9 heteroatoms. The molecule has 1 rings (SSSR count). The first-order valence-electron chi connectivity index (χ1n) is 5.08. The number of rotatable bonds is 5. The van der Waals surface area contributed by atoms with E-state index in [1.54, 1.807) is 0 Å². The summed E-state index contributed by atoms with van der Waals surface area (Å²) in [5.41, 5.74) is 0. The molecule has 2 N–H and O–H groups in total. The summed E-state index contributed by atoms with van der Waals surface area (Å²) in [6.07, 6.45) is -0.0189. The first kappa shape index (κ1) is 16.0. The highest BCUT2D eigenvalue weighted by Gasteiger charge is 2.28. The van der Waals surface area contributed by atoms with Crippen LogP contribution in [0.15, 0.2) is 21.5 Å². The van der Waals surface area contributed by atoms with Crippen LogP contribution in [0.3, 0.4) is 0 Å². The maximum Gasteiger partial charge on any atom is 0.321 e. The van der Waals surface area contributed by atoms with E-state index in [0.29, 0.717) is 6.07 Å². The standard InChI is InChI=1S/C10H10BrF2NO4S/c1-2-8(10(15)16)14-19(17,18)9-6(11)3-5(12)4-7(9)13/h3-4,8,14H,2H2,1H3,(H,15,16)/t8-/m1/s1. The lowest BCUT2D eigenvalue weighted by Gasteiger charge is -2.14. The van der Waals surface area contributed by atoms with Crippen molar-refractivity contribution in [3.63, 3.8) is 0 Å². The van der Waals surface area contributed by atoms with E-state index in [0.717, 1.165) is 6.07 Å². The van der Waals surface area contributed by atoms with Gasteiger partial charge in [0, 0.05) is 10.5 Å². The highest BCUT2D eigenvalue weighted by Crippen LogP contribution is 2.26. The molecule has 1 aromatic rings. The fourth-order valence-electron chi connectivity index (χ4n) is 1.34. The second-order valence-electron chi connectivity index (χ2n) is 3.62. The zero-order chi connectivity index (χ0) is 14.8. The third-order valence-corrected chi connectivity index (χ3v) is 4.67. The number of halogens is 3. The lowest BCUT2D eigenvalue weighted by molar-refractivity contribution is -0.139. The molecule has 0 saturated heterocycles. The number of carboxylic acids is 1. The van der Waals surface area contributed by atoms with Gasteiger partial charge in [0.1, 0.15) is 22.6 Å². The second kappa shape index (κ2) is 5.93. The van der Waals surface area contributed by atoms with Crippen molar-refractivity contribution in [1.29, 1.82) is 0 Å². The maximum absolute atomic E-state index is 13.5. The Morgan fingerprint density at radius 1 is 1.47 bits per heavy atom. The quantitative estimate of drug-likeness (QED) is 0.842. The van der Waals surface area contributed by atoms with Crippen LogP contribution in [0.4, 0.5) is 8.78 Å². The number of carbonyl (C=O) groups is 1. The number of nitrogens with one attached hydrogen (secondary N) is 1. The minimum atomic E-state index is -4.41. The molecule has 0 unspecified atom stereocenters. The fraction of sp³-hybridized carbons (Fsp3) is 0.300. The van der Waals surface area contributed by atoms with E-state index in [2.05, 4.69) is 15.9 Å². The molecular weight excluding hydrogens is 348 g/mol. The van der Waals surface area contributed by atoms with Gasteiger partial charge in [-0.3, -0.25) is 4.79 Å². The van der Waals surface area contributed by atoms with E-state index in [1.165, 1.54) is 6.92 Å². The van der Waals surface area contributed by atoms with Crippen molar-refractivity contribution in [2.75, 3.05) is 0 Å². The van der Waals surface area contributed by atoms with Crippen molar-refractivity contribution in [3.8, 4) is 0 Å². The summed E-state index contributed by atoms with van der Waals surface area (Å²) in [7, 11) is -4.41. The van der Waals surface area contributed by atoms with Crippen LogP contribution < -0.4 is 4.72 Å². The predicted octanol–water partition coefficient (Wildman–Crippen LogP) is 1.87. The maximum atomic E-state index is 13.5. The first-order valence-corrected chi connectivity index (χ1v) is 7.36. The van der Waals surface area contributed by atoms with E-state index in [1.807, 2.05) is 4.72 Å². The van der Waals surface area contributed by atoms with E-state index in [9.17, 15) is 22.0 Å². The Kier molecular flexibility index (Phi) is 4.99. The molecule has 0 aliphatic carbocycles. The molecule has 0 radical (unpaired) electrons. The molecule has 1 atom stereocenters. The molecule has 0 aliphatic rings. The van der Waals surface area contributed by atoms with Crippen LogP contribution in [-0.4, -0.2) is 25.5 Å². The molecule has 106 valence electrons. The van der Waals surface area contributed by atoms with Crippen molar-refractivity contribution >= 4 is 31.9 Å². The molecule has 0 bridgehead atoms. The Morgan fingerprint density at radius 2 is 2.05 bits per heavy atom. The fourth-order valence-corrected chi connectivity index (χ4v) is 3.78. The van der Waals surface area contributed by atoms with Crippen LogP contribution in [-0.2, 0) is 14.8 Å². The van der Waals surface area contributed by atoms with Crippen molar-refractivity contribution in [2.45, 2.75) is 24.3 Å². The Morgan fingerprint density at radius 3 is 2.47 bits per heavy atom. The summed E-state index contributed by atoms with van der Waals surface area (Å²) in [6.45, 7) is 1.46. The zero-order valence-electron chi connectivity index (χ0n) is 9.65. The molecule has 0 heterocycles. The Bertz CT molecular complexity index is 583. The Labute approximate surface area is 116 Å². The minimum absolute atomic E-state index is 0.0189. The minimum Gasteiger partial charge on any atom is -0.480 e. The summed E-state index contributed by atoms with van der Waals surface area (Å²) in [6, 6.07) is -0.207. The van der Waals surface area contributed by atoms with Crippen molar-refractivity contribution < 1.29 is 27.1 Å². The van der Waals surface area contributed by atoms with Gasteiger partial charge >= 0.3 is 5.97 Å². The van der Waals surface area contributed by atoms with Crippen LogP contribution in [0.1, 0.15) is 13.3 Å². The molecule has 0 spiro atoms. The lowest BCUT2D eigenvalue weighted by atomic mass is 10.2. The summed E-state index contributed by atoms with van der Waals surface area (Å²) >= 11 is 2.74.